The molecule has 1 aliphatic heterocycles. The number of cyclic esters (lactones) is 1. The number of carbonyl (C=O) groups excluding carboxylic acids is 1. The third-order valence-corrected chi connectivity index (χ3v) is 6.67. The zero-order valence-electron chi connectivity index (χ0n) is 17.2. The molecule has 2 N–H and O–H groups in total. The number of thiophene rings is 1. The molecule has 1 aromatic carbocycles. The van der Waals surface area contributed by atoms with E-state index in [-0.39, 0.29) is 28.1 Å². The van der Waals surface area contributed by atoms with Crippen LogP contribution in [0.2, 0.25) is 10.0 Å². The van der Waals surface area contributed by atoms with Crippen molar-refractivity contribution in [1.29, 1.82) is 0 Å². The zero-order valence-corrected chi connectivity index (χ0v) is 19.5. The quantitative estimate of drug-likeness (QED) is 0.420. The number of carbonyl (C=O) groups is 2. The highest BCUT2D eigenvalue weighted by molar-refractivity contribution is 7.13. The van der Waals surface area contributed by atoms with E-state index in [4.69, 9.17) is 33.0 Å². The van der Waals surface area contributed by atoms with E-state index in [1.807, 2.05) is 0 Å². The number of amides is 1. The van der Waals surface area contributed by atoms with Gasteiger partial charge >= 0.3 is 18.0 Å². The number of ether oxygens (including phenoxy) is 1. The number of hydrogen-bond donors (Lipinski definition) is 2. The first-order chi connectivity index (χ1) is 15.6. The first-order valence-electron chi connectivity index (χ1n) is 10.0. The van der Waals surface area contributed by atoms with Gasteiger partial charge in [-0.2, -0.15) is 8.78 Å². The van der Waals surface area contributed by atoms with Gasteiger partial charge in [-0.15, -0.1) is 11.3 Å². The van der Waals surface area contributed by atoms with Crippen LogP contribution in [0.3, 0.4) is 0 Å². The minimum absolute atomic E-state index is 0.0239. The molecule has 1 saturated heterocycles. The molecule has 2 unspecified atom stereocenters. The van der Waals surface area contributed by atoms with Crippen molar-refractivity contribution in [3.8, 4) is 0 Å². The van der Waals surface area contributed by atoms with Crippen molar-refractivity contribution < 1.29 is 33.3 Å². The first kappa shape index (κ1) is 25.4. The van der Waals surface area contributed by atoms with E-state index in [0.29, 0.717) is 19.3 Å². The first-order valence-corrected chi connectivity index (χ1v) is 11.6. The van der Waals surface area contributed by atoms with Crippen molar-refractivity contribution in [2.24, 2.45) is 0 Å². The van der Waals surface area contributed by atoms with Crippen LogP contribution in [0.5, 0.6) is 0 Å². The molecule has 1 aromatic heterocycles. The Balaban J connectivity index is 1.65. The van der Waals surface area contributed by atoms with Crippen LogP contribution in [0.25, 0.3) is 0 Å². The fourth-order valence-corrected chi connectivity index (χ4v) is 4.83. The molecular weight excluding hydrogens is 499 g/mol. The summed E-state index contributed by atoms with van der Waals surface area (Å²) in [4.78, 5) is 25.7. The molecule has 178 valence electrons. The molecule has 2 aromatic rings. The molecule has 33 heavy (non-hydrogen) atoms. The Morgan fingerprint density at radius 3 is 2.64 bits per heavy atom. The van der Waals surface area contributed by atoms with E-state index in [2.05, 4.69) is 0 Å². The Bertz CT molecular complexity index is 1030. The van der Waals surface area contributed by atoms with Gasteiger partial charge in [0.15, 0.2) is 0 Å². The second-order valence-electron chi connectivity index (χ2n) is 7.45. The molecule has 0 radical (unpaired) electrons. The normalized spacial score (nSPS) is 17.9. The van der Waals surface area contributed by atoms with Crippen LogP contribution >= 0.6 is 34.5 Å². The van der Waals surface area contributed by atoms with Crippen LogP contribution < -0.4 is 0 Å². The lowest BCUT2D eigenvalue weighted by Crippen LogP contribution is -2.45. The fraction of sp³-hybridized carbons (Fsp3) is 0.364. The van der Waals surface area contributed by atoms with Gasteiger partial charge in [0.1, 0.15) is 11.0 Å². The number of halogens is 4. The number of aliphatic hydroxyl groups is 1. The van der Waals surface area contributed by atoms with Gasteiger partial charge in [-0.05, 0) is 43.2 Å². The summed E-state index contributed by atoms with van der Waals surface area (Å²) < 4.78 is 34.5. The van der Waals surface area contributed by atoms with E-state index < -0.39 is 35.7 Å². The molecule has 2 heterocycles. The van der Waals surface area contributed by atoms with Crippen LogP contribution in [0.1, 0.15) is 33.0 Å². The Morgan fingerprint density at radius 2 is 2.00 bits per heavy atom. The predicted octanol–water partition coefficient (Wildman–Crippen LogP) is 5.61. The topological polar surface area (TPSA) is 87.1 Å². The number of rotatable bonds is 9. The lowest BCUT2D eigenvalue weighted by molar-refractivity contribution is -0.0929. The number of carboxylic acids is 1. The monoisotopic (exact) mass is 519 g/mol. The lowest BCUT2D eigenvalue weighted by Gasteiger charge is -2.33. The summed E-state index contributed by atoms with van der Waals surface area (Å²) >= 11 is 12.8. The van der Waals surface area contributed by atoms with Gasteiger partial charge in [-0.25, -0.2) is 9.59 Å². The number of hydrogen-bond acceptors (Lipinski definition) is 5. The number of carboxylic acid groups (broad SMARTS) is 1. The van der Waals surface area contributed by atoms with Gasteiger partial charge in [0.2, 0.25) is 0 Å². The van der Waals surface area contributed by atoms with E-state index in [1.165, 1.54) is 23.1 Å². The maximum absolute atomic E-state index is 14.7. The third-order valence-electron chi connectivity index (χ3n) is 5.10. The Hall–Kier alpha value is -2.20. The number of aromatic carboxylic acids is 1. The maximum atomic E-state index is 14.7. The molecule has 6 nitrogen and oxygen atoms in total. The molecule has 2 atom stereocenters. The minimum Gasteiger partial charge on any atom is -0.477 e. The molecule has 0 saturated carbocycles. The maximum Gasteiger partial charge on any atom is 0.410 e. The third kappa shape index (κ3) is 6.44. The van der Waals surface area contributed by atoms with Crippen molar-refractivity contribution in [3.63, 3.8) is 0 Å². The molecule has 1 aliphatic rings. The number of nitrogens with zero attached hydrogens (tertiary/aromatic N) is 1. The van der Waals surface area contributed by atoms with Gasteiger partial charge in [0.25, 0.3) is 0 Å². The van der Waals surface area contributed by atoms with Gasteiger partial charge < -0.3 is 19.8 Å². The molecular formula is C22H21Cl2F2NO5S. The molecule has 3 rings (SSSR count). The number of benzene rings is 1. The van der Waals surface area contributed by atoms with Crippen LogP contribution in [-0.4, -0.2) is 52.5 Å². The van der Waals surface area contributed by atoms with Gasteiger partial charge in [-0.3, -0.25) is 0 Å². The van der Waals surface area contributed by atoms with E-state index >= 15 is 0 Å². The Morgan fingerprint density at radius 1 is 1.30 bits per heavy atom. The Labute approximate surface area is 203 Å². The van der Waals surface area contributed by atoms with E-state index in [9.17, 15) is 23.5 Å². The molecule has 1 amide bonds. The lowest BCUT2D eigenvalue weighted by atomic mass is 10.0. The second-order valence-corrected chi connectivity index (χ2v) is 9.49. The SMILES string of the molecule is O=C(O)c1ccc(CCCN2C(=O)OCCC2C=CC(O)C(F)(F)c2cc(Cl)cc(Cl)c2)s1. The van der Waals surface area contributed by atoms with Crippen LogP contribution in [-0.2, 0) is 17.1 Å². The van der Waals surface area contributed by atoms with Crippen molar-refractivity contribution in [3.05, 3.63) is 67.8 Å². The second kappa shape index (κ2) is 10.8. The number of alkyl halides is 2. The fourth-order valence-electron chi connectivity index (χ4n) is 3.42. The highest BCUT2D eigenvalue weighted by Crippen LogP contribution is 2.36. The summed E-state index contributed by atoms with van der Waals surface area (Å²) in [6.45, 7) is 0.415. The standard InChI is InChI=1S/C22H21Cl2F2NO5S/c23-14-10-13(11-15(24)12-14)22(25,26)19(28)6-3-16-7-9-32-21(31)27(16)8-1-2-17-4-5-18(33-17)20(29)30/h3-6,10-12,16,19,28H,1-2,7-9H2,(H,29,30). The van der Waals surface area contributed by atoms with Crippen molar-refractivity contribution in [2.45, 2.75) is 37.3 Å². The number of aliphatic hydroxyl groups excluding tert-OH is 1. The highest BCUT2D eigenvalue weighted by Gasteiger charge is 2.40. The summed E-state index contributed by atoms with van der Waals surface area (Å²) in [5.74, 6) is -4.64. The van der Waals surface area contributed by atoms with Gasteiger partial charge in [0, 0.05) is 33.5 Å². The summed E-state index contributed by atoms with van der Waals surface area (Å²) in [6.07, 6.45) is 1.06. The Kier molecular flexibility index (Phi) is 8.33. The van der Waals surface area contributed by atoms with Gasteiger partial charge in [-0.1, -0.05) is 35.4 Å². The summed E-state index contributed by atoms with van der Waals surface area (Å²) in [5.41, 5.74) is -0.520. The molecule has 0 aliphatic carbocycles. The molecule has 11 heteroatoms. The summed E-state index contributed by atoms with van der Waals surface area (Å²) in [7, 11) is 0. The average molecular weight is 520 g/mol. The predicted molar refractivity (Wildman–Crippen MR) is 122 cm³/mol. The van der Waals surface area contributed by atoms with Crippen molar-refractivity contribution >= 4 is 46.6 Å². The van der Waals surface area contributed by atoms with E-state index in [1.54, 1.807) is 6.07 Å². The van der Waals surface area contributed by atoms with Gasteiger partial charge in [0.05, 0.1) is 12.6 Å². The van der Waals surface area contributed by atoms with Crippen molar-refractivity contribution in [1.82, 2.24) is 4.90 Å². The summed E-state index contributed by atoms with van der Waals surface area (Å²) in [5, 5.41) is 19.2. The van der Waals surface area contributed by atoms with Crippen molar-refractivity contribution in [2.75, 3.05) is 13.2 Å². The van der Waals surface area contributed by atoms with Crippen LogP contribution in [0.4, 0.5) is 13.6 Å². The molecule has 0 spiro atoms. The molecule has 0 bridgehead atoms. The molecule has 1 fully saturated rings. The largest absolute Gasteiger partial charge is 0.477 e. The minimum atomic E-state index is -3.65. The summed E-state index contributed by atoms with van der Waals surface area (Å²) in [6, 6.07) is 6.11. The van der Waals surface area contributed by atoms with E-state index in [0.717, 1.165) is 34.4 Å². The van der Waals surface area contributed by atoms with Crippen LogP contribution in [0, 0.1) is 0 Å². The number of aryl methyl sites for hydroxylation is 1. The average Bonchev–Trinajstić information content (AvgIpc) is 3.22. The smallest absolute Gasteiger partial charge is 0.410 e. The van der Waals surface area contributed by atoms with Crippen LogP contribution in [0.15, 0.2) is 42.5 Å². The zero-order chi connectivity index (χ0) is 24.2. The highest BCUT2D eigenvalue weighted by atomic mass is 35.5.